The molecule has 1 fully saturated rings. The smallest absolute Gasteiger partial charge is 0.223 e. The standard InChI is InChI=1S/C26H33F2N5O/c1-4-32(18-19(3)33(5-2)24-10-7-20(16-29)17-30-24)25(34)11-14-31-26(12-6-13-26)21-8-9-22(27)23(28)15-21/h7-10,15,17,19,31H,4-6,11-14,18H2,1-3H3. The van der Waals surface area contributed by atoms with E-state index in [0.29, 0.717) is 31.6 Å². The Hall–Kier alpha value is -3.05. The average Bonchev–Trinajstić information content (AvgIpc) is 2.81. The number of carbonyl (C=O) groups excluding carboxylic acids is 1. The lowest BCUT2D eigenvalue weighted by Crippen LogP contribution is -2.50. The van der Waals surface area contributed by atoms with Gasteiger partial charge in [-0.05, 0) is 69.9 Å². The Bertz CT molecular complexity index is 1020. The Morgan fingerprint density at radius 3 is 2.50 bits per heavy atom. The van der Waals surface area contributed by atoms with Crippen molar-refractivity contribution in [2.24, 2.45) is 0 Å². The zero-order valence-corrected chi connectivity index (χ0v) is 20.2. The highest BCUT2D eigenvalue weighted by Gasteiger charge is 2.38. The van der Waals surface area contributed by atoms with Gasteiger partial charge in [0.2, 0.25) is 5.91 Å². The van der Waals surface area contributed by atoms with Crippen LogP contribution in [0.4, 0.5) is 14.6 Å². The highest BCUT2D eigenvalue weighted by atomic mass is 19.2. The molecule has 6 nitrogen and oxygen atoms in total. The normalized spacial score (nSPS) is 15.2. The molecule has 1 aliphatic carbocycles. The van der Waals surface area contributed by atoms with E-state index in [0.717, 1.165) is 37.2 Å². The van der Waals surface area contributed by atoms with Crippen LogP contribution in [0.15, 0.2) is 36.5 Å². The Morgan fingerprint density at radius 2 is 1.97 bits per heavy atom. The third-order valence-corrected chi connectivity index (χ3v) is 6.74. The molecule has 1 heterocycles. The summed E-state index contributed by atoms with van der Waals surface area (Å²) in [5, 5.41) is 12.4. The number of amides is 1. The fourth-order valence-electron chi connectivity index (χ4n) is 4.60. The van der Waals surface area contributed by atoms with Crippen LogP contribution in [0.25, 0.3) is 0 Å². The molecule has 0 spiro atoms. The molecule has 34 heavy (non-hydrogen) atoms. The first kappa shape index (κ1) is 25.6. The number of pyridine rings is 1. The second kappa shape index (κ2) is 11.4. The predicted octanol–water partition coefficient (Wildman–Crippen LogP) is 4.35. The van der Waals surface area contributed by atoms with Gasteiger partial charge in [-0.3, -0.25) is 4.79 Å². The molecule has 1 N–H and O–H groups in total. The summed E-state index contributed by atoms with van der Waals surface area (Å²) in [6, 6.07) is 9.75. The molecule has 2 aromatic rings. The van der Waals surface area contributed by atoms with Crippen LogP contribution in [-0.4, -0.2) is 48.0 Å². The second-order valence-electron chi connectivity index (χ2n) is 8.83. The maximum absolute atomic E-state index is 13.8. The second-order valence-corrected chi connectivity index (χ2v) is 8.83. The van der Waals surface area contributed by atoms with E-state index in [1.165, 1.54) is 12.1 Å². The summed E-state index contributed by atoms with van der Waals surface area (Å²) in [5.74, 6) is -0.869. The summed E-state index contributed by atoms with van der Waals surface area (Å²) < 4.78 is 27.1. The quantitative estimate of drug-likeness (QED) is 0.530. The molecule has 1 aromatic carbocycles. The first-order valence-electron chi connectivity index (χ1n) is 11.9. The Labute approximate surface area is 200 Å². The molecule has 0 aliphatic heterocycles. The lowest BCUT2D eigenvalue weighted by atomic mass is 9.71. The van der Waals surface area contributed by atoms with E-state index in [1.54, 1.807) is 18.3 Å². The van der Waals surface area contributed by atoms with E-state index in [1.807, 2.05) is 24.8 Å². The number of nitrogens with zero attached hydrogens (tertiary/aromatic N) is 4. The van der Waals surface area contributed by atoms with Crippen molar-refractivity contribution in [3.63, 3.8) is 0 Å². The lowest BCUT2D eigenvalue weighted by Gasteiger charge is -2.43. The number of likely N-dealkylation sites (N-methyl/N-ethyl adjacent to an activating group) is 2. The molecule has 0 bridgehead atoms. The van der Waals surface area contributed by atoms with Crippen molar-refractivity contribution in [1.82, 2.24) is 15.2 Å². The fourth-order valence-corrected chi connectivity index (χ4v) is 4.60. The summed E-state index contributed by atoms with van der Waals surface area (Å²) in [6.07, 6.45) is 4.57. The van der Waals surface area contributed by atoms with Crippen molar-refractivity contribution < 1.29 is 13.6 Å². The molecule has 1 saturated carbocycles. The number of nitriles is 1. The number of carbonyl (C=O) groups is 1. The number of anilines is 1. The molecule has 1 aliphatic rings. The zero-order chi connectivity index (χ0) is 24.7. The lowest BCUT2D eigenvalue weighted by molar-refractivity contribution is -0.131. The third-order valence-electron chi connectivity index (χ3n) is 6.74. The monoisotopic (exact) mass is 469 g/mol. The van der Waals surface area contributed by atoms with E-state index in [2.05, 4.69) is 28.2 Å². The van der Waals surface area contributed by atoms with E-state index in [4.69, 9.17) is 5.26 Å². The van der Waals surface area contributed by atoms with Crippen molar-refractivity contribution in [1.29, 1.82) is 5.26 Å². The van der Waals surface area contributed by atoms with Crippen LogP contribution >= 0.6 is 0 Å². The van der Waals surface area contributed by atoms with Gasteiger partial charge in [0, 0.05) is 50.4 Å². The number of nitrogens with one attached hydrogen (secondary N) is 1. The molecule has 1 aromatic heterocycles. The van der Waals surface area contributed by atoms with Gasteiger partial charge in [-0.2, -0.15) is 5.26 Å². The molecule has 1 unspecified atom stereocenters. The van der Waals surface area contributed by atoms with Crippen molar-refractivity contribution >= 4 is 11.7 Å². The number of aromatic nitrogens is 1. The Balaban J connectivity index is 1.57. The van der Waals surface area contributed by atoms with E-state index in [-0.39, 0.29) is 17.5 Å². The number of halogens is 2. The first-order chi connectivity index (χ1) is 16.3. The minimum Gasteiger partial charge on any atom is -0.352 e. The summed E-state index contributed by atoms with van der Waals surface area (Å²) in [4.78, 5) is 21.3. The maximum atomic E-state index is 13.8. The molecule has 0 radical (unpaired) electrons. The highest BCUT2D eigenvalue weighted by Crippen LogP contribution is 2.41. The molecular formula is C26H33F2N5O. The molecule has 1 amide bonds. The van der Waals surface area contributed by atoms with Gasteiger partial charge in [-0.25, -0.2) is 13.8 Å². The van der Waals surface area contributed by atoms with Crippen molar-refractivity contribution in [2.75, 3.05) is 31.1 Å². The fraction of sp³-hybridized carbons (Fsp3) is 0.500. The summed E-state index contributed by atoms with van der Waals surface area (Å²) >= 11 is 0. The Kier molecular flexibility index (Phi) is 8.56. The van der Waals surface area contributed by atoms with Crippen LogP contribution in [0.3, 0.4) is 0 Å². The van der Waals surface area contributed by atoms with Crippen molar-refractivity contribution in [2.45, 2.75) is 58.0 Å². The minimum atomic E-state index is -0.849. The summed E-state index contributed by atoms with van der Waals surface area (Å²) in [7, 11) is 0. The first-order valence-corrected chi connectivity index (χ1v) is 11.9. The topological polar surface area (TPSA) is 72.3 Å². The largest absolute Gasteiger partial charge is 0.352 e. The highest BCUT2D eigenvalue weighted by molar-refractivity contribution is 5.76. The van der Waals surface area contributed by atoms with Gasteiger partial charge in [-0.1, -0.05) is 6.07 Å². The number of rotatable bonds is 11. The maximum Gasteiger partial charge on any atom is 0.223 e. The molecule has 1 atom stereocenters. The SMILES string of the molecule is CCN(CC(C)N(CC)c1ccc(C#N)cn1)C(=O)CCNC1(c2ccc(F)c(F)c2)CCC1. The van der Waals surface area contributed by atoms with E-state index < -0.39 is 11.6 Å². The van der Waals surface area contributed by atoms with Crippen LogP contribution in [0.2, 0.25) is 0 Å². The molecule has 3 rings (SSSR count). The number of hydrogen-bond acceptors (Lipinski definition) is 5. The molecular weight excluding hydrogens is 436 g/mol. The zero-order valence-electron chi connectivity index (χ0n) is 20.2. The van der Waals surface area contributed by atoms with Gasteiger partial charge in [0.15, 0.2) is 11.6 Å². The van der Waals surface area contributed by atoms with Crippen LogP contribution in [0, 0.1) is 23.0 Å². The minimum absolute atomic E-state index is 0.0439. The van der Waals surface area contributed by atoms with Gasteiger partial charge in [0.1, 0.15) is 11.9 Å². The van der Waals surface area contributed by atoms with Crippen LogP contribution in [-0.2, 0) is 10.3 Å². The average molecular weight is 470 g/mol. The summed E-state index contributed by atoms with van der Waals surface area (Å²) in [6.45, 7) is 8.40. The van der Waals surface area contributed by atoms with Gasteiger partial charge in [0.05, 0.1) is 5.56 Å². The van der Waals surface area contributed by atoms with E-state index >= 15 is 0 Å². The van der Waals surface area contributed by atoms with Crippen LogP contribution in [0.5, 0.6) is 0 Å². The molecule has 8 heteroatoms. The van der Waals surface area contributed by atoms with Gasteiger partial charge >= 0.3 is 0 Å². The summed E-state index contributed by atoms with van der Waals surface area (Å²) in [5.41, 5.74) is 0.858. The van der Waals surface area contributed by atoms with Gasteiger partial charge < -0.3 is 15.1 Å². The van der Waals surface area contributed by atoms with Crippen LogP contribution in [0.1, 0.15) is 57.6 Å². The van der Waals surface area contributed by atoms with Gasteiger partial charge in [-0.15, -0.1) is 0 Å². The number of benzene rings is 1. The van der Waals surface area contributed by atoms with Crippen molar-refractivity contribution in [3.05, 3.63) is 59.3 Å². The van der Waals surface area contributed by atoms with Crippen molar-refractivity contribution in [3.8, 4) is 6.07 Å². The Morgan fingerprint density at radius 1 is 1.21 bits per heavy atom. The predicted molar refractivity (Wildman–Crippen MR) is 128 cm³/mol. The number of hydrogen-bond donors (Lipinski definition) is 1. The third kappa shape index (κ3) is 5.71. The molecule has 0 saturated heterocycles. The molecule has 182 valence electrons. The van der Waals surface area contributed by atoms with Gasteiger partial charge in [0.25, 0.3) is 0 Å². The van der Waals surface area contributed by atoms with Crippen LogP contribution < -0.4 is 10.2 Å². The van der Waals surface area contributed by atoms with E-state index in [9.17, 15) is 13.6 Å².